The fourth-order valence-corrected chi connectivity index (χ4v) is 4.92. The van der Waals surface area contributed by atoms with Crippen LogP contribution in [0.25, 0.3) is 0 Å². The minimum atomic E-state index is 0.316. The van der Waals surface area contributed by atoms with E-state index in [1.807, 2.05) is 0 Å². The van der Waals surface area contributed by atoms with Crippen molar-refractivity contribution >= 4 is 22.3 Å². The van der Waals surface area contributed by atoms with Crippen molar-refractivity contribution in [2.45, 2.75) is 59.2 Å². The lowest BCUT2D eigenvalue weighted by molar-refractivity contribution is 0.244. The Morgan fingerprint density at radius 2 is 2.20 bits per heavy atom. The van der Waals surface area contributed by atoms with Crippen LogP contribution in [0.4, 0.5) is 10.9 Å². The van der Waals surface area contributed by atoms with Crippen LogP contribution in [0.3, 0.4) is 0 Å². The molecule has 7 nitrogen and oxygen atoms in total. The van der Waals surface area contributed by atoms with Gasteiger partial charge in [-0.2, -0.15) is 10.4 Å². The van der Waals surface area contributed by atoms with E-state index < -0.39 is 0 Å². The highest BCUT2D eigenvalue weighted by molar-refractivity contribution is 7.13. The van der Waals surface area contributed by atoms with Gasteiger partial charge >= 0.3 is 0 Å². The Morgan fingerprint density at radius 1 is 1.37 bits per heavy atom. The van der Waals surface area contributed by atoms with Crippen molar-refractivity contribution < 1.29 is 0 Å². The van der Waals surface area contributed by atoms with Gasteiger partial charge in [0.15, 0.2) is 5.13 Å². The molecule has 156 valence electrons. The molecule has 4 rings (SSSR count). The van der Waals surface area contributed by atoms with Gasteiger partial charge in [-0.1, -0.05) is 0 Å². The molecule has 0 bridgehead atoms. The Balaban J connectivity index is 1.50. The molecule has 0 radical (unpaired) electrons. The zero-order chi connectivity index (χ0) is 21.3. The maximum absolute atomic E-state index is 9.07. The quantitative estimate of drug-likeness (QED) is 0.610. The number of nitrogens with zero attached hydrogens (tertiary/aromatic N) is 6. The summed E-state index contributed by atoms with van der Waals surface area (Å²) in [5.74, 6) is 0.644. The fourth-order valence-electron chi connectivity index (χ4n) is 4.16. The van der Waals surface area contributed by atoms with E-state index in [2.05, 4.69) is 59.0 Å². The van der Waals surface area contributed by atoms with Gasteiger partial charge in [0.2, 0.25) is 0 Å². The summed E-state index contributed by atoms with van der Waals surface area (Å²) in [6.07, 6.45) is 3.92. The van der Waals surface area contributed by atoms with E-state index >= 15 is 0 Å². The van der Waals surface area contributed by atoms with Gasteiger partial charge in [0, 0.05) is 35.4 Å². The van der Waals surface area contributed by atoms with Gasteiger partial charge in [0.25, 0.3) is 0 Å². The Morgan fingerprint density at radius 3 is 2.93 bits per heavy atom. The minimum absolute atomic E-state index is 0.316. The van der Waals surface area contributed by atoms with Crippen LogP contribution in [-0.4, -0.2) is 31.2 Å². The second-order valence-corrected chi connectivity index (χ2v) is 8.92. The van der Waals surface area contributed by atoms with Crippen molar-refractivity contribution in [3.05, 3.63) is 51.9 Å². The van der Waals surface area contributed by atoms with Crippen LogP contribution in [0, 0.1) is 25.2 Å². The first-order valence-electron chi connectivity index (χ1n) is 10.3. The first-order valence-corrected chi connectivity index (χ1v) is 11.2. The first kappa shape index (κ1) is 20.5. The predicted molar refractivity (Wildman–Crippen MR) is 119 cm³/mol. The number of aromatic nitrogens is 4. The normalized spacial score (nSPS) is 16.9. The molecule has 1 aliphatic rings. The average Bonchev–Trinajstić information content (AvgIpc) is 3.44. The molecule has 0 unspecified atom stereocenters. The van der Waals surface area contributed by atoms with Crippen LogP contribution in [-0.2, 0) is 6.54 Å². The van der Waals surface area contributed by atoms with Gasteiger partial charge in [0.1, 0.15) is 5.82 Å². The van der Waals surface area contributed by atoms with Gasteiger partial charge in [-0.05, 0) is 59.2 Å². The van der Waals surface area contributed by atoms with Crippen molar-refractivity contribution in [2.24, 2.45) is 0 Å². The summed E-state index contributed by atoms with van der Waals surface area (Å²) < 4.78 is 2.13. The topological polar surface area (TPSA) is 82.7 Å². The lowest BCUT2D eigenvalue weighted by Gasteiger charge is -2.23. The molecule has 4 heterocycles. The monoisotopic (exact) mass is 421 g/mol. The van der Waals surface area contributed by atoms with Crippen LogP contribution >= 0.6 is 11.3 Å². The molecule has 1 fully saturated rings. The Bertz CT molecular complexity index is 1080. The standard InChI is InChI=1S/C22H27N7S/c1-14(2)29-16(4)18(15(3)27-29)12-28-9-5-6-20(28)19-13-30-22(25-19)26-21-10-17(11-23)7-8-24-21/h7-8,10,13-14,20H,5-6,9,12H2,1-4H3,(H,24,25,26)/t20-/m1/s1. The molecular formula is C22H27N7S. The highest BCUT2D eigenvalue weighted by Gasteiger charge is 2.29. The fraction of sp³-hybridized carbons (Fsp3) is 0.455. The molecule has 1 atom stereocenters. The first-order chi connectivity index (χ1) is 14.5. The van der Waals surface area contributed by atoms with E-state index in [0.717, 1.165) is 36.0 Å². The maximum Gasteiger partial charge on any atom is 0.188 e. The molecular weight excluding hydrogens is 394 g/mol. The molecule has 3 aromatic heterocycles. The number of pyridine rings is 1. The van der Waals surface area contributed by atoms with Crippen LogP contribution in [0.2, 0.25) is 0 Å². The van der Waals surface area contributed by atoms with Crippen LogP contribution in [0.5, 0.6) is 0 Å². The van der Waals surface area contributed by atoms with Crippen LogP contribution in [0.1, 0.15) is 67.0 Å². The lowest BCUT2D eigenvalue weighted by Crippen LogP contribution is -2.23. The molecule has 1 N–H and O–H groups in total. The molecule has 0 aromatic carbocycles. The smallest absolute Gasteiger partial charge is 0.188 e. The molecule has 1 saturated heterocycles. The van der Waals surface area contributed by atoms with Crippen molar-refractivity contribution in [3.8, 4) is 6.07 Å². The summed E-state index contributed by atoms with van der Waals surface area (Å²) in [6.45, 7) is 10.6. The number of likely N-dealkylation sites (tertiary alicyclic amines) is 1. The zero-order valence-electron chi connectivity index (χ0n) is 17.9. The van der Waals surface area contributed by atoms with Crippen molar-refractivity contribution in [1.82, 2.24) is 24.6 Å². The number of hydrogen-bond donors (Lipinski definition) is 1. The van der Waals surface area contributed by atoms with Crippen LogP contribution in [0.15, 0.2) is 23.7 Å². The summed E-state index contributed by atoms with van der Waals surface area (Å²) in [7, 11) is 0. The highest BCUT2D eigenvalue weighted by atomic mass is 32.1. The highest BCUT2D eigenvalue weighted by Crippen LogP contribution is 2.36. The summed E-state index contributed by atoms with van der Waals surface area (Å²) in [4.78, 5) is 11.6. The van der Waals surface area contributed by atoms with Crippen molar-refractivity contribution in [1.29, 1.82) is 5.26 Å². The predicted octanol–water partition coefficient (Wildman–Crippen LogP) is 4.88. The Kier molecular flexibility index (Phi) is 5.84. The third-order valence-electron chi connectivity index (χ3n) is 5.68. The Hall–Kier alpha value is -2.76. The SMILES string of the molecule is Cc1nn(C(C)C)c(C)c1CN1CCC[C@@H]1c1csc(Nc2cc(C#N)ccn2)n1. The number of anilines is 2. The Labute approximate surface area is 181 Å². The van der Waals surface area contributed by atoms with Gasteiger partial charge in [-0.3, -0.25) is 9.58 Å². The van der Waals surface area contributed by atoms with Crippen LogP contribution < -0.4 is 5.32 Å². The van der Waals surface area contributed by atoms with Gasteiger partial charge in [-0.25, -0.2) is 9.97 Å². The summed E-state index contributed by atoms with van der Waals surface area (Å²) >= 11 is 1.58. The number of thiazole rings is 1. The molecule has 0 saturated carbocycles. The molecule has 0 amide bonds. The second kappa shape index (κ2) is 8.54. The molecule has 0 aliphatic carbocycles. The average molecular weight is 422 g/mol. The number of rotatable bonds is 6. The third kappa shape index (κ3) is 4.09. The molecule has 0 spiro atoms. The van der Waals surface area contributed by atoms with E-state index in [0.29, 0.717) is 23.5 Å². The largest absolute Gasteiger partial charge is 0.316 e. The number of nitriles is 1. The van der Waals surface area contributed by atoms with Gasteiger partial charge < -0.3 is 5.32 Å². The number of aryl methyl sites for hydroxylation is 1. The minimum Gasteiger partial charge on any atom is -0.316 e. The zero-order valence-corrected chi connectivity index (χ0v) is 18.7. The van der Waals surface area contributed by atoms with Gasteiger partial charge in [-0.15, -0.1) is 11.3 Å². The van der Waals surface area contributed by atoms with E-state index in [9.17, 15) is 0 Å². The van der Waals surface area contributed by atoms with E-state index in [4.69, 9.17) is 15.3 Å². The number of hydrogen-bond acceptors (Lipinski definition) is 7. The molecule has 1 aliphatic heterocycles. The molecule has 3 aromatic rings. The van der Waals surface area contributed by atoms with Crippen molar-refractivity contribution in [2.75, 3.05) is 11.9 Å². The number of nitrogens with one attached hydrogen (secondary N) is 1. The van der Waals surface area contributed by atoms with Gasteiger partial charge in [0.05, 0.1) is 29.1 Å². The van der Waals surface area contributed by atoms with E-state index in [-0.39, 0.29) is 0 Å². The lowest BCUT2D eigenvalue weighted by atomic mass is 10.1. The van der Waals surface area contributed by atoms with E-state index in [1.54, 1.807) is 29.7 Å². The second-order valence-electron chi connectivity index (χ2n) is 8.06. The summed E-state index contributed by atoms with van der Waals surface area (Å²) in [5, 5.41) is 20.0. The molecule has 8 heteroatoms. The third-order valence-corrected chi connectivity index (χ3v) is 6.45. The van der Waals surface area contributed by atoms with E-state index in [1.165, 1.54) is 17.7 Å². The maximum atomic E-state index is 9.07. The van der Waals surface area contributed by atoms with Crippen molar-refractivity contribution in [3.63, 3.8) is 0 Å². The summed E-state index contributed by atoms with van der Waals surface area (Å²) in [5.41, 5.74) is 5.40. The summed E-state index contributed by atoms with van der Waals surface area (Å²) in [6, 6.07) is 6.25. The molecule has 30 heavy (non-hydrogen) atoms.